The predicted molar refractivity (Wildman–Crippen MR) is 74.6 cm³/mol. The largest absolute Gasteiger partial charge is 0.247 e. The summed E-state index contributed by atoms with van der Waals surface area (Å²) in [5.41, 5.74) is 2.66. The first-order valence-corrected chi connectivity index (χ1v) is 7.52. The molecule has 0 aromatic carbocycles. The van der Waals surface area contributed by atoms with Crippen molar-refractivity contribution >= 4 is 0 Å². The van der Waals surface area contributed by atoms with Gasteiger partial charge in [-0.15, -0.1) is 5.10 Å². The molecule has 102 valence electrons. The summed E-state index contributed by atoms with van der Waals surface area (Å²) in [6.07, 6.45) is 7.58. The smallest absolute Gasteiger partial charge is 0.0859 e. The summed E-state index contributed by atoms with van der Waals surface area (Å²) < 4.78 is 2.13. The minimum Gasteiger partial charge on any atom is -0.247 e. The van der Waals surface area contributed by atoms with E-state index in [-0.39, 0.29) is 0 Å². The van der Waals surface area contributed by atoms with Crippen molar-refractivity contribution in [2.75, 3.05) is 0 Å². The Morgan fingerprint density at radius 3 is 2.50 bits per heavy atom. The molecule has 0 bridgehead atoms. The second-order valence-corrected chi connectivity index (χ2v) is 6.31. The molecule has 0 saturated carbocycles. The Balaban J connectivity index is 2.17. The van der Waals surface area contributed by atoms with Crippen LogP contribution in [0.5, 0.6) is 0 Å². The van der Waals surface area contributed by atoms with Gasteiger partial charge in [-0.25, -0.2) is 4.68 Å². The molecule has 0 saturated heterocycles. The first-order chi connectivity index (χ1) is 8.59. The Hall–Kier alpha value is -0.860. The summed E-state index contributed by atoms with van der Waals surface area (Å²) in [5.74, 6) is 1.66. The SMILES string of the molecule is CC(C)C1CCCCc2c(nnn2C(C)C)CC1. The van der Waals surface area contributed by atoms with Gasteiger partial charge in [-0.05, 0) is 51.4 Å². The van der Waals surface area contributed by atoms with Gasteiger partial charge in [0.15, 0.2) is 0 Å². The van der Waals surface area contributed by atoms with Crippen molar-refractivity contribution in [3.63, 3.8) is 0 Å². The molecule has 1 atom stereocenters. The standard InChI is InChI=1S/C15H27N3/c1-11(2)13-7-5-6-8-15-14(10-9-13)16-17-18(15)12(3)4/h11-13H,5-10H2,1-4H3. The molecule has 1 aliphatic rings. The maximum Gasteiger partial charge on any atom is 0.0859 e. The molecule has 1 aliphatic carbocycles. The molecule has 2 rings (SSSR count). The highest BCUT2D eigenvalue weighted by Crippen LogP contribution is 2.27. The minimum atomic E-state index is 0.433. The van der Waals surface area contributed by atoms with Crippen LogP contribution < -0.4 is 0 Å². The number of rotatable bonds is 2. The Morgan fingerprint density at radius 1 is 1.06 bits per heavy atom. The van der Waals surface area contributed by atoms with E-state index in [4.69, 9.17) is 0 Å². The number of hydrogen-bond acceptors (Lipinski definition) is 2. The van der Waals surface area contributed by atoms with E-state index >= 15 is 0 Å². The first kappa shape index (κ1) is 13.6. The van der Waals surface area contributed by atoms with Crippen LogP contribution in [0.1, 0.15) is 70.8 Å². The third kappa shape index (κ3) is 2.93. The second kappa shape index (κ2) is 5.85. The molecule has 0 amide bonds. The van der Waals surface area contributed by atoms with Crippen LogP contribution in [-0.2, 0) is 12.8 Å². The lowest BCUT2D eigenvalue weighted by molar-refractivity contribution is 0.328. The molecule has 1 heterocycles. The number of nitrogens with zero attached hydrogens (tertiary/aromatic N) is 3. The highest BCUT2D eigenvalue weighted by Gasteiger charge is 2.20. The average Bonchev–Trinajstić information content (AvgIpc) is 2.72. The number of hydrogen-bond donors (Lipinski definition) is 0. The average molecular weight is 249 g/mol. The van der Waals surface area contributed by atoms with Gasteiger partial charge in [-0.1, -0.05) is 31.9 Å². The monoisotopic (exact) mass is 249 g/mol. The Morgan fingerprint density at radius 2 is 1.83 bits per heavy atom. The molecular weight excluding hydrogens is 222 g/mol. The van der Waals surface area contributed by atoms with Crippen LogP contribution >= 0.6 is 0 Å². The molecule has 0 fully saturated rings. The van der Waals surface area contributed by atoms with Gasteiger partial charge in [0, 0.05) is 6.04 Å². The summed E-state index contributed by atoms with van der Waals surface area (Å²) in [5, 5.41) is 8.78. The fraction of sp³-hybridized carbons (Fsp3) is 0.867. The zero-order valence-corrected chi connectivity index (χ0v) is 12.3. The van der Waals surface area contributed by atoms with Crippen LogP contribution in [0.2, 0.25) is 0 Å². The van der Waals surface area contributed by atoms with Crippen molar-refractivity contribution in [2.24, 2.45) is 11.8 Å². The van der Waals surface area contributed by atoms with Crippen molar-refractivity contribution in [3.8, 4) is 0 Å². The molecular formula is C15H27N3. The molecule has 0 N–H and O–H groups in total. The summed E-state index contributed by atoms with van der Waals surface area (Å²) >= 11 is 0. The molecule has 0 spiro atoms. The van der Waals surface area contributed by atoms with Crippen molar-refractivity contribution in [1.29, 1.82) is 0 Å². The summed E-state index contributed by atoms with van der Waals surface area (Å²) in [6.45, 7) is 9.10. The third-order valence-electron chi connectivity index (χ3n) is 4.29. The van der Waals surface area contributed by atoms with Gasteiger partial charge in [0.05, 0.1) is 11.4 Å². The molecule has 3 nitrogen and oxygen atoms in total. The van der Waals surface area contributed by atoms with Crippen LogP contribution in [-0.4, -0.2) is 15.0 Å². The maximum absolute atomic E-state index is 4.43. The van der Waals surface area contributed by atoms with E-state index in [1.54, 1.807) is 0 Å². The van der Waals surface area contributed by atoms with Crippen LogP contribution in [0.3, 0.4) is 0 Å². The van der Waals surface area contributed by atoms with Gasteiger partial charge < -0.3 is 0 Å². The zero-order valence-electron chi connectivity index (χ0n) is 12.3. The van der Waals surface area contributed by atoms with Crippen LogP contribution in [0.4, 0.5) is 0 Å². The molecule has 1 aromatic heterocycles. The lowest BCUT2D eigenvalue weighted by atomic mass is 9.87. The van der Waals surface area contributed by atoms with E-state index in [0.29, 0.717) is 6.04 Å². The van der Waals surface area contributed by atoms with E-state index in [1.165, 1.54) is 37.1 Å². The third-order valence-corrected chi connectivity index (χ3v) is 4.29. The fourth-order valence-corrected chi connectivity index (χ4v) is 3.05. The molecule has 0 radical (unpaired) electrons. The van der Waals surface area contributed by atoms with Gasteiger partial charge in [-0.3, -0.25) is 0 Å². The fourth-order valence-electron chi connectivity index (χ4n) is 3.05. The Bertz CT molecular complexity index is 379. The molecule has 1 aromatic rings. The van der Waals surface area contributed by atoms with Gasteiger partial charge in [0.2, 0.25) is 0 Å². The summed E-state index contributed by atoms with van der Waals surface area (Å²) in [7, 11) is 0. The van der Waals surface area contributed by atoms with Crippen molar-refractivity contribution in [3.05, 3.63) is 11.4 Å². The van der Waals surface area contributed by atoms with Crippen molar-refractivity contribution < 1.29 is 0 Å². The number of aryl methyl sites for hydroxylation is 1. The van der Waals surface area contributed by atoms with Gasteiger partial charge in [0.1, 0.15) is 0 Å². The predicted octanol–water partition coefficient (Wildman–Crippen LogP) is 3.79. The van der Waals surface area contributed by atoms with Crippen LogP contribution in [0, 0.1) is 11.8 Å². The number of aromatic nitrogens is 3. The van der Waals surface area contributed by atoms with Gasteiger partial charge >= 0.3 is 0 Å². The van der Waals surface area contributed by atoms with Crippen molar-refractivity contribution in [1.82, 2.24) is 15.0 Å². The highest BCUT2D eigenvalue weighted by molar-refractivity contribution is 5.12. The topological polar surface area (TPSA) is 30.7 Å². The lowest BCUT2D eigenvalue weighted by Crippen LogP contribution is -2.09. The number of fused-ring (bicyclic) bond motifs is 1. The second-order valence-electron chi connectivity index (χ2n) is 6.31. The molecule has 1 unspecified atom stereocenters. The summed E-state index contributed by atoms with van der Waals surface area (Å²) in [6, 6.07) is 0.433. The Labute approximate surface area is 111 Å². The first-order valence-electron chi connectivity index (χ1n) is 7.52. The maximum atomic E-state index is 4.43. The van der Waals surface area contributed by atoms with Crippen molar-refractivity contribution in [2.45, 2.75) is 72.3 Å². The Kier molecular flexibility index (Phi) is 4.41. The molecule has 0 aliphatic heterocycles. The van der Waals surface area contributed by atoms with E-state index in [1.807, 2.05) is 0 Å². The van der Waals surface area contributed by atoms with Gasteiger partial charge in [-0.2, -0.15) is 0 Å². The minimum absolute atomic E-state index is 0.433. The quantitative estimate of drug-likeness (QED) is 0.798. The zero-order chi connectivity index (χ0) is 13.1. The lowest BCUT2D eigenvalue weighted by Gasteiger charge is -2.19. The van der Waals surface area contributed by atoms with Crippen LogP contribution in [0.15, 0.2) is 0 Å². The van der Waals surface area contributed by atoms with E-state index < -0.39 is 0 Å². The van der Waals surface area contributed by atoms with Crippen LogP contribution in [0.25, 0.3) is 0 Å². The van der Waals surface area contributed by atoms with E-state index in [0.717, 1.165) is 24.7 Å². The van der Waals surface area contributed by atoms with E-state index in [9.17, 15) is 0 Å². The molecule has 18 heavy (non-hydrogen) atoms. The normalized spacial score (nSPS) is 21.6. The summed E-state index contributed by atoms with van der Waals surface area (Å²) in [4.78, 5) is 0. The highest BCUT2D eigenvalue weighted by atomic mass is 15.4. The van der Waals surface area contributed by atoms with Gasteiger partial charge in [0.25, 0.3) is 0 Å². The van der Waals surface area contributed by atoms with E-state index in [2.05, 4.69) is 42.7 Å². The molecule has 3 heteroatoms.